The highest BCUT2D eigenvalue weighted by molar-refractivity contribution is 5.87. The van der Waals surface area contributed by atoms with Gasteiger partial charge in [0.1, 0.15) is 29.1 Å². The van der Waals surface area contributed by atoms with Crippen molar-refractivity contribution in [3.8, 4) is 5.75 Å². The lowest BCUT2D eigenvalue weighted by atomic mass is 9.99. The van der Waals surface area contributed by atoms with Gasteiger partial charge in [0, 0.05) is 31.4 Å². The van der Waals surface area contributed by atoms with Crippen LogP contribution in [-0.2, 0) is 44.5 Å². The number of nitrogens with one attached hydrogen (secondary N) is 2. The zero-order valence-electron chi connectivity index (χ0n) is 34.9. The molecule has 0 unspecified atom stereocenters. The van der Waals surface area contributed by atoms with Gasteiger partial charge in [0.15, 0.2) is 6.10 Å². The summed E-state index contributed by atoms with van der Waals surface area (Å²) in [6.07, 6.45) is 4.61. The quantitative estimate of drug-likeness (QED) is 0.0838. The first kappa shape index (κ1) is 47.0. The second-order valence-electron chi connectivity index (χ2n) is 16.2. The number of carbonyl (C=O) groups excluding carboxylic acids is 5. The molecular weight excluding hydrogens is 716 g/mol. The Balaban J connectivity index is 2.18. The fourth-order valence-corrected chi connectivity index (χ4v) is 5.17. The van der Waals surface area contributed by atoms with Crippen LogP contribution < -0.4 is 15.4 Å². The Hall–Kier alpha value is -5.13. The Morgan fingerprint density at radius 2 is 1.41 bits per heavy atom. The van der Waals surface area contributed by atoms with E-state index >= 15 is 0 Å². The van der Waals surface area contributed by atoms with Gasteiger partial charge in [0.05, 0.1) is 13.0 Å². The van der Waals surface area contributed by atoms with Crippen molar-refractivity contribution in [2.45, 2.75) is 118 Å². The topological polar surface area (TPSA) is 156 Å². The van der Waals surface area contributed by atoms with Crippen LogP contribution in [0, 0.1) is 17.8 Å². The van der Waals surface area contributed by atoms with E-state index in [4.69, 9.17) is 23.7 Å². The van der Waals surface area contributed by atoms with Crippen LogP contribution in [0.4, 0.5) is 4.79 Å². The largest absolute Gasteiger partial charge is 0.497 e. The van der Waals surface area contributed by atoms with E-state index in [9.17, 15) is 24.0 Å². The van der Waals surface area contributed by atoms with Gasteiger partial charge in [-0.05, 0) is 77.1 Å². The van der Waals surface area contributed by atoms with Gasteiger partial charge in [0.2, 0.25) is 5.91 Å². The molecule has 0 aliphatic carbocycles. The van der Waals surface area contributed by atoms with Crippen molar-refractivity contribution in [3.05, 3.63) is 84.0 Å². The molecule has 2 aromatic rings. The first-order valence-corrected chi connectivity index (χ1v) is 19.1. The van der Waals surface area contributed by atoms with Crippen LogP contribution in [0.2, 0.25) is 0 Å². The molecule has 2 amide bonds. The summed E-state index contributed by atoms with van der Waals surface area (Å²) in [5, 5.41) is 5.37. The van der Waals surface area contributed by atoms with E-state index in [0.29, 0.717) is 5.75 Å². The molecule has 0 heterocycles. The first-order valence-electron chi connectivity index (χ1n) is 19.1. The minimum atomic E-state index is -1.22. The Bertz CT molecular complexity index is 1620. The summed E-state index contributed by atoms with van der Waals surface area (Å²) in [4.78, 5) is 65.5. The molecule has 0 saturated carbocycles. The molecule has 0 spiro atoms. The van der Waals surface area contributed by atoms with Gasteiger partial charge in [-0.1, -0.05) is 88.4 Å². The molecule has 0 aromatic heterocycles. The summed E-state index contributed by atoms with van der Waals surface area (Å²) in [5.74, 6) is -3.02. The van der Waals surface area contributed by atoms with Crippen molar-refractivity contribution in [1.82, 2.24) is 10.6 Å². The molecule has 0 saturated heterocycles. The Morgan fingerprint density at radius 1 is 0.786 bits per heavy atom. The minimum absolute atomic E-state index is 0.0334. The summed E-state index contributed by atoms with van der Waals surface area (Å²) < 4.78 is 27.7. The zero-order valence-corrected chi connectivity index (χ0v) is 34.9. The van der Waals surface area contributed by atoms with Crippen LogP contribution in [0.25, 0.3) is 6.08 Å². The van der Waals surface area contributed by atoms with Gasteiger partial charge in [-0.3, -0.25) is 9.59 Å². The molecule has 12 nitrogen and oxygen atoms in total. The van der Waals surface area contributed by atoms with E-state index in [1.165, 1.54) is 6.08 Å². The standard InChI is InChI=1S/C44H62N2O10/c1-29(2)26-37(41(50)53-36(18-15-19-38(47)55-43(5,6)7)30(3)20-21-32-16-13-12-14-17-32)54-40(49)31(4)28-45-39(48)35(46-42(51)56-44(8,9)10)27-33-22-24-34(52-11)25-23-33/h12-17,19-25,29-31,35-37H,18,26-28H2,1-11H3,(H,45,48)(H,46,51)/b19-15+,21-20+/t30-,31-,35-,36+,37+/m1/s1. The number of rotatable bonds is 19. The lowest BCUT2D eigenvalue weighted by molar-refractivity contribution is -0.175. The average Bonchev–Trinajstić information content (AvgIpc) is 3.10. The molecule has 2 N–H and O–H groups in total. The summed E-state index contributed by atoms with van der Waals surface area (Å²) in [6.45, 7) is 17.6. The Labute approximate surface area is 332 Å². The number of benzene rings is 2. The lowest BCUT2D eigenvalue weighted by Gasteiger charge is -2.26. The number of esters is 3. The highest BCUT2D eigenvalue weighted by atomic mass is 16.6. The van der Waals surface area contributed by atoms with E-state index in [0.717, 1.165) is 11.1 Å². The van der Waals surface area contributed by atoms with Crippen molar-refractivity contribution in [1.29, 1.82) is 0 Å². The van der Waals surface area contributed by atoms with E-state index < -0.39 is 65.3 Å². The van der Waals surface area contributed by atoms with Crippen molar-refractivity contribution in [3.63, 3.8) is 0 Å². The van der Waals surface area contributed by atoms with Crippen LogP contribution >= 0.6 is 0 Å². The predicted molar refractivity (Wildman–Crippen MR) is 215 cm³/mol. The van der Waals surface area contributed by atoms with Gasteiger partial charge in [-0.2, -0.15) is 0 Å². The summed E-state index contributed by atoms with van der Waals surface area (Å²) in [6, 6.07) is 15.7. The molecule has 56 heavy (non-hydrogen) atoms. The van der Waals surface area contributed by atoms with Crippen molar-refractivity contribution >= 4 is 36.0 Å². The van der Waals surface area contributed by atoms with Gasteiger partial charge < -0.3 is 34.3 Å². The van der Waals surface area contributed by atoms with Crippen LogP contribution in [0.5, 0.6) is 5.75 Å². The molecule has 308 valence electrons. The van der Waals surface area contributed by atoms with Crippen molar-refractivity contribution in [2.24, 2.45) is 17.8 Å². The summed E-state index contributed by atoms with van der Waals surface area (Å²) >= 11 is 0. The fourth-order valence-electron chi connectivity index (χ4n) is 5.17. The van der Waals surface area contributed by atoms with Crippen LogP contribution in [-0.4, -0.2) is 73.0 Å². The molecule has 5 atom stereocenters. The number of alkyl carbamates (subject to hydrolysis) is 1. The van der Waals surface area contributed by atoms with Gasteiger partial charge in [-0.25, -0.2) is 14.4 Å². The number of ether oxygens (including phenoxy) is 5. The molecule has 0 aliphatic rings. The maximum atomic E-state index is 13.7. The Kier molecular flexibility index (Phi) is 18.8. The molecule has 2 aromatic carbocycles. The molecular formula is C44H62N2O10. The van der Waals surface area contributed by atoms with Gasteiger partial charge in [0.25, 0.3) is 0 Å². The maximum absolute atomic E-state index is 13.7. The fraction of sp³-hybridized carbons (Fsp3) is 0.523. The van der Waals surface area contributed by atoms with E-state index in [2.05, 4.69) is 10.6 Å². The smallest absolute Gasteiger partial charge is 0.408 e. The number of hydrogen-bond acceptors (Lipinski definition) is 10. The zero-order chi connectivity index (χ0) is 42.1. The summed E-state index contributed by atoms with van der Waals surface area (Å²) in [5.41, 5.74) is 0.273. The van der Waals surface area contributed by atoms with Crippen LogP contribution in [0.1, 0.15) is 93.2 Å². The summed E-state index contributed by atoms with van der Waals surface area (Å²) in [7, 11) is 1.55. The van der Waals surface area contributed by atoms with Crippen LogP contribution in [0.3, 0.4) is 0 Å². The molecule has 0 aliphatic heterocycles. The van der Waals surface area contributed by atoms with Crippen molar-refractivity contribution < 1.29 is 47.7 Å². The second kappa shape index (κ2) is 22.4. The number of hydrogen-bond donors (Lipinski definition) is 2. The maximum Gasteiger partial charge on any atom is 0.408 e. The van der Waals surface area contributed by atoms with E-state index in [1.54, 1.807) is 85.9 Å². The van der Waals surface area contributed by atoms with Gasteiger partial charge in [-0.15, -0.1) is 0 Å². The average molecular weight is 779 g/mol. The molecule has 12 heteroatoms. The van der Waals surface area contributed by atoms with Crippen LogP contribution in [0.15, 0.2) is 72.8 Å². The van der Waals surface area contributed by atoms with E-state index in [1.807, 2.05) is 63.3 Å². The monoisotopic (exact) mass is 778 g/mol. The molecule has 0 radical (unpaired) electrons. The van der Waals surface area contributed by atoms with Gasteiger partial charge >= 0.3 is 24.0 Å². The second-order valence-corrected chi connectivity index (χ2v) is 16.2. The normalized spacial score (nSPS) is 14.6. The van der Waals surface area contributed by atoms with Crippen molar-refractivity contribution in [2.75, 3.05) is 13.7 Å². The molecule has 0 fully saturated rings. The first-order chi connectivity index (χ1) is 26.1. The predicted octanol–water partition coefficient (Wildman–Crippen LogP) is 7.39. The highest BCUT2D eigenvalue weighted by Gasteiger charge is 2.32. The molecule has 0 bridgehead atoms. The Morgan fingerprint density at radius 3 is 1.98 bits per heavy atom. The lowest BCUT2D eigenvalue weighted by Crippen LogP contribution is -2.50. The third-order valence-corrected chi connectivity index (χ3v) is 8.07. The third-order valence-electron chi connectivity index (χ3n) is 8.07. The minimum Gasteiger partial charge on any atom is -0.497 e. The third kappa shape index (κ3) is 19.0. The number of methoxy groups -OCH3 is 1. The number of carbonyl (C=O) groups is 5. The highest BCUT2D eigenvalue weighted by Crippen LogP contribution is 2.21. The van der Waals surface area contributed by atoms with E-state index in [-0.39, 0.29) is 37.6 Å². The molecule has 2 rings (SSSR count). The SMILES string of the molecule is COc1ccc(C[C@@H](NC(=O)OC(C)(C)C)C(=O)NC[C@@H](C)C(=O)O[C@@H](CC(C)C)C(=O)O[C@@H](C/C=C/C(=O)OC(C)(C)C)[C@H](C)/C=C/c2ccccc2)cc1. The number of amides is 2.